The zero-order valence-corrected chi connectivity index (χ0v) is 12.0. The molecule has 0 unspecified atom stereocenters. The molecule has 2 aromatic carbocycles. The number of aryl methyl sites for hydroxylation is 1. The minimum absolute atomic E-state index is 0.0325. The van der Waals surface area contributed by atoms with Crippen molar-refractivity contribution < 1.29 is 21.9 Å². The molecule has 0 saturated carbocycles. The number of primary sulfonamides is 1. The van der Waals surface area contributed by atoms with E-state index in [1.165, 1.54) is 0 Å². The van der Waals surface area contributed by atoms with Gasteiger partial charge >= 0.3 is 0 Å². The Morgan fingerprint density at radius 3 is 2.24 bits per heavy atom. The van der Waals surface area contributed by atoms with E-state index < -0.39 is 32.3 Å². The van der Waals surface area contributed by atoms with E-state index in [-0.39, 0.29) is 6.61 Å². The summed E-state index contributed by atoms with van der Waals surface area (Å²) in [6.45, 7) is 1.81. The summed E-state index contributed by atoms with van der Waals surface area (Å²) in [7, 11) is -4.17. The van der Waals surface area contributed by atoms with Gasteiger partial charge in [-0.15, -0.1) is 0 Å². The molecule has 0 aliphatic carbocycles. The molecule has 0 aliphatic rings. The zero-order chi connectivity index (χ0) is 15.6. The summed E-state index contributed by atoms with van der Waals surface area (Å²) in [4.78, 5) is -0.638. The van der Waals surface area contributed by atoms with Crippen molar-refractivity contribution in [3.63, 3.8) is 0 Å². The Balaban J connectivity index is 2.28. The Morgan fingerprint density at radius 2 is 1.71 bits per heavy atom. The monoisotopic (exact) mass is 313 g/mol. The molecule has 21 heavy (non-hydrogen) atoms. The molecule has 0 spiro atoms. The van der Waals surface area contributed by atoms with Gasteiger partial charge in [0.2, 0.25) is 10.0 Å². The van der Waals surface area contributed by atoms with E-state index >= 15 is 0 Å². The maximum atomic E-state index is 13.8. The molecular weight excluding hydrogens is 300 g/mol. The van der Waals surface area contributed by atoms with Crippen molar-refractivity contribution in [1.82, 2.24) is 0 Å². The zero-order valence-electron chi connectivity index (χ0n) is 11.1. The Kier molecular flexibility index (Phi) is 4.24. The van der Waals surface area contributed by atoms with Gasteiger partial charge in [-0.3, -0.25) is 0 Å². The van der Waals surface area contributed by atoms with Gasteiger partial charge in [0.05, 0.1) is 4.90 Å². The third kappa shape index (κ3) is 3.56. The number of nitrogens with two attached hydrogens (primary N) is 1. The topological polar surface area (TPSA) is 69.4 Å². The van der Waals surface area contributed by atoms with Crippen LogP contribution in [0.5, 0.6) is 5.75 Å². The third-order valence-electron chi connectivity index (χ3n) is 2.93. The highest BCUT2D eigenvalue weighted by Crippen LogP contribution is 2.26. The third-order valence-corrected chi connectivity index (χ3v) is 3.83. The van der Waals surface area contributed by atoms with Crippen LogP contribution in [0.4, 0.5) is 8.78 Å². The van der Waals surface area contributed by atoms with Gasteiger partial charge < -0.3 is 4.74 Å². The predicted molar refractivity (Wildman–Crippen MR) is 73.2 cm³/mol. The summed E-state index contributed by atoms with van der Waals surface area (Å²) in [5, 5.41) is 4.83. The molecule has 0 radical (unpaired) electrons. The van der Waals surface area contributed by atoms with E-state index in [4.69, 9.17) is 9.88 Å². The van der Waals surface area contributed by atoms with Gasteiger partial charge in [-0.05, 0) is 30.2 Å². The first-order chi connectivity index (χ1) is 9.79. The summed E-state index contributed by atoms with van der Waals surface area (Å²) in [6, 6.07) is 8.49. The average Bonchev–Trinajstić information content (AvgIpc) is 2.38. The second-order valence-corrected chi connectivity index (χ2v) is 6.04. The number of sulfonamides is 1. The van der Waals surface area contributed by atoms with Crippen LogP contribution in [0.1, 0.15) is 11.1 Å². The fourth-order valence-electron chi connectivity index (χ4n) is 1.76. The van der Waals surface area contributed by atoms with Crippen molar-refractivity contribution in [2.24, 2.45) is 5.14 Å². The van der Waals surface area contributed by atoms with E-state index in [9.17, 15) is 17.2 Å². The van der Waals surface area contributed by atoms with Crippen LogP contribution in [0, 0.1) is 18.6 Å². The quantitative estimate of drug-likeness (QED) is 0.943. The molecule has 0 aromatic heterocycles. The van der Waals surface area contributed by atoms with Gasteiger partial charge in [0, 0.05) is 0 Å². The number of hydrogen-bond acceptors (Lipinski definition) is 3. The summed E-state index contributed by atoms with van der Waals surface area (Å²) >= 11 is 0. The van der Waals surface area contributed by atoms with Crippen molar-refractivity contribution in [1.29, 1.82) is 0 Å². The maximum Gasteiger partial charge on any atom is 0.238 e. The standard InChI is InChI=1S/C14H13F2NO3S/c1-9-4-2-3-5-10(9)8-20-14-12(15)6-11(7-13(14)16)21(17,18)19/h2-7H,8H2,1H3,(H2,17,18,19). The highest BCUT2D eigenvalue weighted by atomic mass is 32.2. The number of hydrogen-bond donors (Lipinski definition) is 1. The lowest BCUT2D eigenvalue weighted by Gasteiger charge is -2.11. The van der Waals surface area contributed by atoms with E-state index in [1.54, 1.807) is 12.1 Å². The molecule has 4 nitrogen and oxygen atoms in total. The minimum Gasteiger partial charge on any atom is -0.483 e. The van der Waals surface area contributed by atoms with E-state index in [0.29, 0.717) is 12.1 Å². The molecule has 0 atom stereocenters. The lowest BCUT2D eigenvalue weighted by molar-refractivity contribution is 0.272. The van der Waals surface area contributed by atoms with Crippen molar-refractivity contribution in [3.8, 4) is 5.75 Å². The van der Waals surface area contributed by atoms with Crippen LogP contribution in [0.15, 0.2) is 41.3 Å². The van der Waals surface area contributed by atoms with Crippen molar-refractivity contribution >= 4 is 10.0 Å². The smallest absolute Gasteiger partial charge is 0.238 e. The first-order valence-corrected chi connectivity index (χ1v) is 7.53. The molecule has 0 amide bonds. The molecule has 0 aliphatic heterocycles. The average molecular weight is 313 g/mol. The molecular formula is C14H13F2NO3S. The first kappa shape index (κ1) is 15.4. The second kappa shape index (κ2) is 5.79. The second-order valence-electron chi connectivity index (χ2n) is 4.48. The van der Waals surface area contributed by atoms with E-state index in [1.807, 2.05) is 19.1 Å². The lowest BCUT2D eigenvalue weighted by atomic mass is 10.1. The molecule has 0 saturated heterocycles. The summed E-state index contributed by atoms with van der Waals surface area (Å²) < 4.78 is 54.8. The molecule has 2 rings (SSSR count). The van der Waals surface area contributed by atoms with Gasteiger partial charge in [-0.25, -0.2) is 22.3 Å². The van der Waals surface area contributed by atoms with Crippen LogP contribution in [-0.4, -0.2) is 8.42 Å². The van der Waals surface area contributed by atoms with Crippen LogP contribution in [0.25, 0.3) is 0 Å². The summed E-state index contributed by atoms with van der Waals surface area (Å²) in [6.07, 6.45) is 0. The Morgan fingerprint density at radius 1 is 1.14 bits per heavy atom. The highest BCUT2D eigenvalue weighted by molar-refractivity contribution is 7.89. The number of benzene rings is 2. The number of ether oxygens (including phenoxy) is 1. The van der Waals surface area contributed by atoms with Gasteiger partial charge in [0.1, 0.15) is 6.61 Å². The van der Waals surface area contributed by atoms with Crippen LogP contribution < -0.4 is 9.88 Å². The molecule has 0 heterocycles. The first-order valence-electron chi connectivity index (χ1n) is 5.98. The van der Waals surface area contributed by atoms with Crippen molar-refractivity contribution in [2.45, 2.75) is 18.4 Å². The fraction of sp³-hybridized carbons (Fsp3) is 0.143. The Labute approximate surface area is 121 Å². The number of rotatable bonds is 4. The van der Waals surface area contributed by atoms with Crippen LogP contribution in [-0.2, 0) is 16.6 Å². The Hall–Kier alpha value is -1.99. The maximum absolute atomic E-state index is 13.8. The lowest BCUT2D eigenvalue weighted by Crippen LogP contribution is -2.13. The van der Waals surface area contributed by atoms with Gasteiger partial charge in [-0.2, -0.15) is 0 Å². The van der Waals surface area contributed by atoms with Gasteiger partial charge in [0.25, 0.3) is 0 Å². The molecule has 0 fully saturated rings. The van der Waals surface area contributed by atoms with Crippen LogP contribution in [0.3, 0.4) is 0 Å². The van der Waals surface area contributed by atoms with Gasteiger partial charge in [-0.1, -0.05) is 24.3 Å². The van der Waals surface area contributed by atoms with Crippen molar-refractivity contribution in [2.75, 3.05) is 0 Å². The van der Waals surface area contributed by atoms with Gasteiger partial charge in [0.15, 0.2) is 17.4 Å². The van der Waals surface area contributed by atoms with E-state index in [0.717, 1.165) is 11.1 Å². The largest absolute Gasteiger partial charge is 0.483 e. The SMILES string of the molecule is Cc1ccccc1COc1c(F)cc(S(N)(=O)=O)cc1F. The fourth-order valence-corrected chi connectivity index (χ4v) is 2.30. The molecule has 2 N–H and O–H groups in total. The molecule has 2 aromatic rings. The van der Waals surface area contributed by atoms with Crippen LogP contribution >= 0.6 is 0 Å². The van der Waals surface area contributed by atoms with Crippen molar-refractivity contribution in [3.05, 3.63) is 59.2 Å². The number of halogens is 2. The van der Waals surface area contributed by atoms with E-state index in [2.05, 4.69) is 0 Å². The molecule has 7 heteroatoms. The molecule has 112 valence electrons. The summed E-state index contributed by atoms with van der Waals surface area (Å²) in [5.74, 6) is -2.87. The summed E-state index contributed by atoms with van der Waals surface area (Å²) in [5.41, 5.74) is 1.69. The Bertz CT molecular complexity index is 753. The van der Waals surface area contributed by atoms with Crippen LogP contribution in [0.2, 0.25) is 0 Å². The minimum atomic E-state index is -4.17. The normalized spacial score (nSPS) is 11.4. The predicted octanol–water partition coefficient (Wildman–Crippen LogP) is 2.50. The highest BCUT2D eigenvalue weighted by Gasteiger charge is 2.18. The molecule has 0 bridgehead atoms.